The molecule has 0 bridgehead atoms. The zero-order valence-electron chi connectivity index (χ0n) is 16.4. The fourth-order valence-corrected chi connectivity index (χ4v) is 3.41. The first-order valence-corrected chi connectivity index (χ1v) is 10.3. The van der Waals surface area contributed by atoms with E-state index in [1.54, 1.807) is 18.3 Å². The normalized spacial score (nSPS) is 10.6. The van der Waals surface area contributed by atoms with E-state index >= 15 is 0 Å². The van der Waals surface area contributed by atoms with Gasteiger partial charge in [0, 0.05) is 29.7 Å². The highest BCUT2D eigenvalue weighted by Crippen LogP contribution is 2.28. The van der Waals surface area contributed by atoms with Crippen LogP contribution < -0.4 is 10.1 Å². The molecule has 0 atom stereocenters. The van der Waals surface area contributed by atoms with Crippen molar-refractivity contribution in [2.24, 2.45) is 0 Å². The molecule has 7 heteroatoms. The molecule has 0 unspecified atom stereocenters. The van der Waals surface area contributed by atoms with Gasteiger partial charge in [-0.25, -0.2) is 0 Å². The van der Waals surface area contributed by atoms with E-state index in [0.29, 0.717) is 35.3 Å². The highest BCUT2D eigenvalue weighted by Gasteiger charge is 2.12. The second-order valence-electron chi connectivity index (χ2n) is 6.72. The number of aromatic nitrogens is 3. The Bertz CT molecular complexity index is 1130. The predicted octanol–water partition coefficient (Wildman–Crippen LogP) is 4.55. The molecule has 1 N–H and O–H groups in total. The van der Waals surface area contributed by atoms with Gasteiger partial charge in [0.2, 0.25) is 0 Å². The van der Waals surface area contributed by atoms with Crippen LogP contribution in [0.3, 0.4) is 0 Å². The largest absolute Gasteiger partial charge is 0.430 e. The van der Waals surface area contributed by atoms with Crippen LogP contribution in [0.1, 0.15) is 33.0 Å². The molecule has 1 amide bonds. The van der Waals surface area contributed by atoms with Gasteiger partial charge in [-0.3, -0.25) is 9.78 Å². The Balaban J connectivity index is 1.42. The van der Waals surface area contributed by atoms with Gasteiger partial charge in [0.15, 0.2) is 5.82 Å². The Morgan fingerprint density at radius 1 is 1.07 bits per heavy atom. The number of aryl methyl sites for hydroxylation is 1. The number of ether oxygens (including phenoxy) is 1. The van der Waals surface area contributed by atoms with Crippen LogP contribution in [-0.4, -0.2) is 20.2 Å². The van der Waals surface area contributed by atoms with Crippen molar-refractivity contribution in [3.05, 3.63) is 101 Å². The molecule has 0 saturated carbocycles. The minimum Gasteiger partial charge on any atom is -0.430 e. The van der Waals surface area contributed by atoms with E-state index in [9.17, 15) is 4.79 Å². The van der Waals surface area contributed by atoms with Crippen LogP contribution in [-0.2, 0) is 13.0 Å². The average molecular weight is 417 g/mol. The van der Waals surface area contributed by atoms with Crippen molar-refractivity contribution in [1.82, 2.24) is 19.7 Å². The molecule has 4 aromatic rings. The maximum absolute atomic E-state index is 12.5. The van der Waals surface area contributed by atoms with Crippen molar-refractivity contribution >= 4 is 17.4 Å². The van der Waals surface area contributed by atoms with E-state index in [-0.39, 0.29) is 5.91 Å². The lowest BCUT2D eigenvalue weighted by Gasteiger charge is -2.09. The summed E-state index contributed by atoms with van der Waals surface area (Å²) in [6.45, 7) is 2.29. The Kier molecular flexibility index (Phi) is 6.10. The first-order chi connectivity index (χ1) is 14.7. The van der Waals surface area contributed by atoms with Crippen molar-refractivity contribution < 1.29 is 9.53 Å². The average Bonchev–Trinajstić information content (AvgIpc) is 3.21. The molecule has 150 valence electrons. The zero-order valence-corrected chi connectivity index (χ0v) is 17.2. The second kappa shape index (κ2) is 9.28. The summed E-state index contributed by atoms with van der Waals surface area (Å²) >= 11 is 1.20. The van der Waals surface area contributed by atoms with E-state index in [2.05, 4.69) is 19.7 Å². The van der Waals surface area contributed by atoms with E-state index in [0.717, 1.165) is 16.8 Å². The number of hydrogen-bond donors (Lipinski definition) is 1. The van der Waals surface area contributed by atoms with E-state index in [1.165, 1.54) is 11.5 Å². The number of benzene rings is 2. The topological polar surface area (TPSA) is 77.0 Å². The first-order valence-electron chi connectivity index (χ1n) is 9.50. The van der Waals surface area contributed by atoms with Gasteiger partial charge in [-0.15, -0.1) is 0 Å². The van der Waals surface area contributed by atoms with Crippen molar-refractivity contribution in [3.8, 4) is 10.9 Å². The molecule has 0 radical (unpaired) electrons. The smallest absolute Gasteiger partial charge is 0.298 e. The molecule has 30 heavy (non-hydrogen) atoms. The van der Waals surface area contributed by atoms with Crippen LogP contribution in [0.2, 0.25) is 0 Å². The summed E-state index contributed by atoms with van der Waals surface area (Å²) in [7, 11) is 0. The zero-order chi connectivity index (χ0) is 20.8. The highest BCUT2D eigenvalue weighted by molar-refractivity contribution is 7.07. The fraction of sp³-hybridized carbons (Fsp3) is 0.130. The van der Waals surface area contributed by atoms with Gasteiger partial charge in [0.25, 0.3) is 11.1 Å². The molecule has 4 rings (SSSR count). The SMILES string of the molecule is Cc1ccc(C(=O)NCc2ccccn2)cc1Oc1nc(Cc2ccccc2)ns1. The first kappa shape index (κ1) is 19.7. The maximum atomic E-state index is 12.5. The Labute approximate surface area is 178 Å². The molecule has 0 saturated heterocycles. The number of nitrogens with zero attached hydrogens (tertiary/aromatic N) is 3. The van der Waals surface area contributed by atoms with Crippen molar-refractivity contribution in [1.29, 1.82) is 0 Å². The predicted molar refractivity (Wildman–Crippen MR) is 116 cm³/mol. The number of carbonyl (C=O) groups is 1. The third-order valence-electron chi connectivity index (χ3n) is 4.46. The van der Waals surface area contributed by atoms with Gasteiger partial charge in [0.1, 0.15) is 5.75 Å². The molecular formula is C23H20N4O2S. The molecule has 2 heterocycles. The van der Waals surface area contributed by atoms with Crippen LogP contribution in [0.5, 0.6) is 10.9 Å². The van der Waals surface area contributed by atoms with Gasteiger partial charge in [-0.2, -0.15) is 9.36 Å². The van der Waals surface area contributed by atoms with Crippen molar-refractivity contribution in [3.63, 3.8) is 0 Å². The minimum atomic E-state index is -0.187. The quantitative estimate of drug-likeness (QED) is 0.478. The van der Waals surface area contributed by atoms with Gasteiger partial charge >= 0.3 is 0 Å². The Morgan fingerprint density at radius 3 is 2.70 bits per heavy atom. The standard InChI is InChI=1S/C23H20N4O2S/c1-16-10-11-18(22(28)25-15-19-9-5-6-12-24-19)14-20(16)29-23-26-21(27-30-23)13-17-7-3-2-4-8-17/h2-12,14H,13,15H2,1H3,(H,25,28). The molecule has 0 fully saturated rings. The molecule has 2 aromatic carbocycles. The fourth-order valence-electron chi connectivity index (χ4n) is 2.85. The van der Waals surface area contributed by atoms with Crippen molar-refractivity contribution in [2.45, 2.75) is 19.9 Å². The van der Waals surface area contributed by atoms with Gasteiger partial charge < -0.3 is 10.1 Å². The van der Waals surface area contributed by atoms with E-state index < -0.39 is 0 Å². The van der Waals surface area contributed by atoms with Gasteiger partial charge in [-0.1, -0.05) is 42.5 Å². The highest BCUT2D eigenvalue weighted by atomic mass is 32.1. The summed E-state index contributed by atoms with van der Waals surface area (Å²) in [5.74, 6) is 1.11. The molecule has 2 aromatic heterocycles. The third-order valence-corrected chi connectivity index (χ3v) is 5.09. The second-order valence-corrected chi connectivity index (χ2v) is 7.44. The van der Waals surface area contributed by atoms with Gasteiger partial charge in [-0.05, 0) is 42.3 Å². The third kappa shape index (κ3) is 5.07. The lowest BCUT2D eigenvalue weighted by atomic mass is 10.1. The molecule has 0 aliphatic heterocycles. The maximum Gasteiger partial charge on any atom is 0.298 e. The lowest BCUT2D eigenvalue weighted by Crippen LogP contribution is -2.23. The molecule has 0 aliphatic rings. The van der Waals surface area contributed by atoms with Gasteiger partial charge in [0.05, 0.1) is 12.2 Å². The number of hydrogen-bond acceptors (Lipinski definition) is 6. The number of amides is 1. The van der Waals surface area contributed by atoms with E-state index in [4.69, 9.17) is 4.74 Å². The number of carbonyl (C=O) groups excluding carboxylic acids is 1. The molecule has 6 nitrogen and oxygen atoms in total. The molecule has 0 spiro atoms. The summed E-state index contributed by atoms with van der Waals surface area (Å²) in [6, 6.07) is 21.0. The van der Waals surface area contributed by atoms with E-state index in [1.807, 2.05) is 61.5 Å². The van der Waals surface area contributed by atoms with Crippen LogP contribution in [0.4, 0.5) is 0 Å². The van der Waals surface area contributed by atoms with Crippen molar-refractivity contribution in [2.75, 3.05) is 0 Å². The van der Waals surface area contributed by atoms with Crippen LogP contribution in [0, 0.1) is 6.92 Å². The molecular weight excluding hydrogens is 396 g/mol. The number of pyridine rings is 1. The summed E-state index contributed by atoms with van der Waals surface area (Å²) in [4.78, 5) is 21.2. The number of nitrogens with one attached hydrogen (secondary N) is 1. The lowest BCUT2D eigenvalue weighted by molar-refractivity contribution is 0.0950. The summed E-state index contributed by atoms with van der Waals surface area (Å²) in [6.07, 6.45) is 2.35. The monoisotopic (exact) mass is 416 g/mol. The van der Waals surface area contributed by atoms with Crippen LogP contribution in [0.15, 0.2) is 72.9 Å². The van der Waals surface area contributed by atoms with Crippen LogP contribution in [0.25, 0.3) is 0 Å². The minimum absolute atomic E-state index is 0.187. The summed E-state index contributed by atoms with van der Waals surface area (Å²) in [5.41, 5.74) is 3.37. The Morgan fingerprint density at radius 2 is 1.90 bits per heavy atom. The molecule has 0 aliphatic carbocycles. The number of rotatable bonds is 7. The van der Waals surface area contributed by atoms with Crippen LogP contribution >= 0.6 is 11.5 Å². The summed E-state index contributed by atoms with van der Waals surface area (Å²) < 4.78 is 10.3. The Hall–Kier alpha value is -3.58. The summed E-state index contributed by atoms with van der Waals surface area (Å²) in [5, 5.41) is 3.33.